The van der Waals surface area contributed by atoms with E-state index < -0.39 is 5.97 Å². The highest BCUT2D eigenvalue weighted by molar-refractivity contribution is 5.76. The molecule has 2 saturated carbocycles. The predicted octanol–water partition coefficient (Wildman–Crippen LogP) is 0.836. The molecule has 3 N–H and O–H groups in total. The lowest BCUT2D eigenvalue weighted by Gasteiger charge is -2.19. The molecule has 0 aromatic heterocycles. The van der Waals surface area contributed by atoms with E-state index in [1.54, 1.807) is 0 Å². The van der Waals surface area contributed by atoms with Gasteiger partial charge in [-0.15, -0.1) is 0 Å². The van der Waals surface area contributed by atoms with Gasteiger partial charge in [-0.25, -0.2) is 0 Å². The molecule has 0 unspecified atom stereocenters. The quantitative estimate of drug-likeness (QED) is 0.643. The van der Waals surface area contributed by atoms with Gasteiger partial charge >= 0.3 is 5.97 Å². The second kappa shape index (κ2) is 2.46. The van der Waals surface area contributed by atoms with Gasteiger partial charge in [-0.2, -0.15) is 0 Å². The van der Waals surface area contributed by atoms with Crippen LogP contribution < -0.4 is 5.73 Å². The molecule has 0 aromatic carbocycles. The molecule has 68 valence electrons. The number of hydrogen-bond acceptors (Lipinski definition) is 2. The number of fused-ring (bicyclic) bond motifs is 1. The van der Waals surface area contributed by atoms with Crippen molar-refractivity contribution in [1.29, 1.82) is 0 Å². The van der Waals surface area contributed by atoms with Gasteiger partial charge in [-0.3, -0.25) is 4.79 Å². The van der Waals surface area contributed by atoms with Gasteiger partial charge in [0.05, 0.1) is 5.92 Å². The first kappa shape index (κ1) is 8.05. The van der Waals surface area contributed by atoms with Crippen molar-refractivity contribution < 1.29 is 9.90 Å². The van der Waals surface area contributed by atoms with E-state index in [2.05, 4.69) is 0 Å². The van der Waals surface area contributed by atoms with Crippen LogP contribution in [0.25, 0.3) is 0 Å². The van der Waals surface area contributed by atoms with E-state index in [4.69, 9.17) is 10.8 Å². The topological polar surface area (TPSA) is 63.3 Å². The minimum Gasteiger partial charge on any atom is -0.481 e. The standard InChI is InChI=1S/C9H15NO2/c10-5-9-4-2-1-3-6(9)7(9)8(11)12/h6-7H,1-5,10H2,(H,11,12)/t6-,7-,9+/m0/s1. The molecule has 2 aliphatic rings. The van der Waals surface area contributed by atoms with Crippen molar-refractivity contribution in [1.82, 2.24) is 0 Å². The molecular weight excluding hydrogens is 154 g/mol. The third kappa shape index (κ3) is 0.829. The SMILES string of the molecule is NC[C@]12CCCC[C@H]1[C@H]2C(=O)O. The largest absolute Gasteiger partial charge is 0.481 e. The molecule has 0 heterocycles. The molecule has 0 spiro atoms. The van der Waals surface area contributed by atoms with Crippen LogP contribution in [0.3, 0.4) is 0 Å². The summed E-state index contributed by atoms with van der Waals surface area (Å²) < 4.78 is 0. The zero-order valence-electron chi connectivity index (χ0n) is 7.12. The third-order valence-electron chi connectivity index (χ3n) is 3.70. The Balaban J connectivity index is 2.15. The van der Waals surface area contributed by atoms with Gasteiger partial charge < -0.3 is 10.8 Å². The van der Waals surface area contributed by atoms with Crippen molar-refractivity contribution in [3.05, 3.63) is 0 Å². The van der Waals surface area contributed by atoms with Crippen LogP contribution in [0.2, 0.25) is 0 Å². The fourth-order valence-electron chi connectivity index (χ4n) is 2.99. The highest BCUT2D eigenvalue weighted by Crippen LogP contribution is 2.65. The summed E-state index contributed by atoms with van der Waals surface area (Å²) in [5.41, 5.74) is 5.65. The Kier molecular flexibility index (Phi) is 1.65. The summed E-state index contributed by atoms with van der Waals surface area (Å²) in [7, 11) is 0. The molecule has 0 bridgehead atoms. The van der Waals surface area contributed by atoms with Crippen molar-refractivity contribution in [3.63, 3.8) is 0 Å². The molecule has 2 aliphatic carbocycles. The monoisotopic (exact) mass is 169 g/mol. The van der Waals surface area contributed by atoms with Crippen molar-refractivity contribution in [2.75, 3.05) is 6.54 Å². The number of aliphatic carboxylic acids is 1. The molecule has 3 atom stereocenters. The minimum atomic E-state index is -0.632. The van der Waals surface area contributed by atoms with Gasteiger partial charge in [-0.05, 0) is 30.7 Å². The van der Waals surface area contributed by atoms with Crippen LogP contribution in [0.5, 0.6) is 0 Å². The Bertz CT molecular complexity index is 217. The number of nitrogens with two attached hydrogens (primary N) is 1. The second-order valence-corrected chi connectivity index (χ2v) is 4.11. The van der Waals surface area contributed by atoms with Crippen molar-refractivity contribution in [3.8, 4) is 0 Å². The minimum absolute atomic E-state index is 0.00405. The summed E-state index contributed by atoms with van der Waals surface area (Å²) in [6.45, 7) is 0.564. The molecule has 0 aliphatic heterocycles. The molecule has 0 saturated heterocycles. The summed E-state index contributed by atoms with van der Waals surface area (Å²) in [5.74, 6) is -0.355. The smallest absolute Gasteiger partial charge is 0.307 e. The Labute approximate surface area is 71.9 Å². The lowest BCUT2D eigenvalue weighted by atomic mass is 9.88. The van der Waals surface area contributed by atoms with E-state index in [0.717, 1.165) is 19.3 Å². The van der Waals surface area contributed by atoms with Gasteiger partial charge in [-0.1, -0.05) is 12.8 Å². The van der Waals surface area contributed by atoms with Gasteiger partial charge in [0.25, 0.3) is 0 Å². The van der Waals surface area contributed by atoms with Crippen LogP contribution in [0.15, 0.2) is 0 Å². The highest BCUT2D eigenvalue weighted by atomic mass is 16.4. The van der Waals surface area contributed by atoms with Crippen LogP contribution >= 0.6 is 0 Å². The second-order valence-electron chi connectivity index (χ2n) is 4.11. The maximum Gasteiger partial charge on any atom is 0.307 e. The molecule has 0 aromatic rings. The van der Waals surface area contributed by atoms with E-state index in [-0.39, 0.29) is 11.3 Å². The number of carboxylic acids is 1. The lowest BCUT2D eigenvalue weighted by molar-refractivity contribution is -0.139. The molecule has 2 fully saturated rings. The summed E-state index contributed by atoms with van der Waals surface area (Å²) in [6.07, 6.45) is 4.47. The van der Waals surface area contributed by atoms with Crippen molar-refractivity contribution in [2.45, 2.75) is 25.7 Å². The van der Waals surface area contributed by atoms with E-state index in [1.807, 2.05) is 0 Å². The maximum absolute atomic E-state index is 10.8. The van der Waals surface area contributed by atoms with Gasteiger partial charge in [0, 0.05) is 0 Å². The normalized spacial score (nSPS) is 45.1. The average molecular weight is 169 g/mol. The number of carboxylic acid groups (broad SMARTS) is 1. The number of hydrogen-bond donors (Lipinski definition) is 2. The Morgan fingerprint density at radius 1 is 1.58 bits per heavy atom. The molecule has 12 heavy (non-hydrogen) atoms. The molecule has 0 amide bonds. The number of carbonyl (C=O) groups is 1. The molecule has 3 heteroatoms. The first-order chi connectivity index (χ1) is 5.72. The average Bonchev–Trinajstić information content (AvgIpc) is 2.73. The van der Waals surface area contributed by atoms with Gasteiger partial charge in [0.15, 0.2) is 0 Å². The van der Waals surface area contributed by atoms with Gasteiger partial charge in [0.2, 0.25) is 0 Å². The Morgan fingerprint density at radius 2 is 2.33 bits per heavy atom. The van der Waals surface area contributed by atoms with E-state index in [0.29, 0.717) is 12.5 Å². The first-order valence-corrected chi connectivity index (χ1v) is 4.65. The van der Waals surface area contributed by atoms with E-state index in [9.17, 15) is 4.79 Å². The van der Waals surface area contributed by atoms with Crippen LogP contribution in [-0.4, -0.2) is 17.6 Å². The lowest BCUT2D eigenvalue weighted by Crippen LogP contribution is -2.23. The zero-order valence-corrected chi connectivity index (χ0v) is 7.12. The summed E-state index contributed by atoms with van der Waals surface area (Å²) in [5, 5.41) is 8.92. The molecule has 0 radical (unpaired) electrons. The first-order valence-electron chi connectivity index (χ1n) is 4.65. The van der Waals surface area contributed by atoms with Crippen LogP contribution in [0, 0.1) is 17.3 Å². The Morgan fingerprint density at radius 3 is 2.83 bits per heavy atom. The zero-order chi connectivity index (χ0) is 8.77. The summed E-state index contributed by atoms with van der Waals surface area (Å²) in [6, 6.07) is 0. The molecular formula is C9H15NO2. The molecule has 2 rings (SSSR count). The Hall–Kier alpha value is -0.570. The summed E-state index contributed by atoms with van der Waals surface area (Å²) >= 11 is 0. The van der Waals surface area contributed by atoms with Crippen molar-refractivity contribution in [2.24, 2.45) is 23.0 Å². The fraction of sp³-hybridized carbons (Fsp3) is 0.889. The van der Waals surface area contributed by atoms with Crippen LogP contribution in [0.1, 0.15) is 25.7 Å². The van der Waals surface area contributed by atoms with Gasteiger partial charge in [0.1, 0.15) is 0 Å². The van der Waals surface area contributed by atoms with E-state index in [1.165, 1.54) is 6.42 Å². The van der Waals surface area contributed by atoms with Crippen LogP contribution in [-0.2, 0) is 4.79 Å². The summed E-state index contributed by atoms with van der Waals surface area (Å²) in [4.78, 5) is 10.8. The number of rotatable bonds is 2. The highest BCUT2D eigenvalue weighted by Gasteiger charge is 2.67. The third-order valence-corrected chi connectivity index (χ3v) is 3.70. The predicted molar refractivity (Wildman–Crippen MR) is 44.6 cm³/mol. The fourth-order valence-corrected chi connectivity index (χ4v) is 2.99. The van der Waals surface area contributed by atoms with Crippen LogP contribution in [0.4, 0.5) is 0 Å². The van der Waals surface area contributed by atoms with E-state index >= 15 is 0 Å². The maximum atomic E-state index is 10.8. The molecule has 3 nitrogen and oxygen atoms in total. The van der Waals surface area contributed by atoms with Crippen molar-refractivity contribution >= 4 is 5.97 Å².